The quantitative estimate of drug-likeness (QED) is 0.537. The second-order valence-electron chi connectivity index (χ2n) is 6.42. The number of aromatic hydroxyl groups is 1. The molecule has 0 atom stereocenters. The fourth-order valence-corrected chi connectivity index (χ4v) is 3.48. The minimum absolute atomic E-state index is 0.124. The number of fused-ring (bicyclic) bond motifs is 1. The zero-order valence-electron chi connectivity index (χ0n) is 16.2. The van der Waals surface area contributed by atoms with E-state index in [4.69, 9.17) is 9.47 Å². The van der Waals surface area contributed by atoms with E-state index in [1.807, 2.05) is 41.9 Å². The van der Waals surface area contributed by atoms with Crippen molar-refractivity contribution in [3.05, 3.63) is 58.8 Å². The summed E-state index contributed by atoms with van der Waals surface area (Å²) in [5.74, 6) is 0.379. The molecule has 0 spiro atoms. The van der Waals surface area contributed by atoms with E-state index in [0.29, 0.717) is 22.6 Å². The molecule has 140 valence electrons. The van der Waals surface area contributed by atoms with Crippen LogP contribution in [0.5, 0.6) is 17.2 Å². The average molecular weight is 365 g/mol. The van der Waals surface area contributed by atoms with Gasteiger partial charge in [-0.3, -0.25) is 4.79 Å². The van der Waals surface area contributed by atoms with Crippen LogP contribution in [0, 0.1) is 13.8 Å². The number of allylic oxidation sites excluding steroid dienone is 1. The summed E-state index contributed by atoms with van der Waals surface area (Å²) in [6, 6.07) is 10.0. The highest BCUT2D eigenvalue weighted by Crippen LogP contribution is 2.42. The van der Waals surface area contributed by atoms with Gasteiger partial charge in [-0.1, -0.05) is 18.2 Å². The van der Waals surface area contributed by atoms with Gasteiger partial charge in [-0.05, 0) is 38.1 Å². The van der Waals surface area contributed by atoms with Crippen LogP contribution < -0.4 is 9.47 Å². The fraction of sp³-hybridized carbons (Fsp3) is 0.227. The molecule has 27 heavy (non-hydrogen) atoms. The Hall–Kier alpha value is -3.21. The number of benzene rings is 2. The Morgan fingerprint density at radius 2 is 1.74 bits per heavy atom. The molecule has 0 radical (unpaired) electrons. The molecule has 1 aromatic heterocycles. The molecule has 0 aliphatic carbocycles. The van der Waals surface area contributed by atoms with Gasteiger partial charge in [0.25, 0.3) is 0 Å². The van der Waals surface area contributed by atoms with Gasteiger partial charge in [-0.25, -0.2) is 0 Å². The molecular formula is C22H23NO4. The van der Waals surface area contributed by atoms with E-state index in [0.717, 1.165) is 16.6 Å². The maximum Gasteiger partial charge on any atom is 0.193 e. The molecule has 0 saturated heterocycles. The maximum absolute atomic E-state index is 12.9. The lowest BCUT2D eigenvalue weighted by Gasteiger charge is -2.17. The molecule has 0 aliphatic rings. The van der Waals surface area contributed by atoms with E-state index in [9.17, 15) is 9.90 Å². The first-order chi connectivity index (χ1) is 12.9. The van der Waals surface area contributed by atoms with Crippen LogP contribution in [0.3, 0.4) is 0 Å². The van der Waals surface area contributed by atoms with Crippen LogP contribution in [0.4, 0.5) is 0 Å². The van der Waals surface area contributed by atoms with E-state index in [-0.39, 0.29) is 17.1 Å². The van der Waals surface area contributed by atoms with Crippen LogP contribution in [-0.2, 0) is 7.05 Å². The molecule has 3 aromatic rings. The van der Waals surface area contributed by atoms with Gasteiger partial charge in [-0.15, -0.1) is 0 Å². The Morgan fingerprint density at radius 1 is 1.07 bits per heavy atom. The first kappa shape index (κ1) is 18.6. The second-order valence-corrected chi connectivity index (χ2v) is 6.42. The zero-order valence-corrected chi connectivity index (χ0v) is 16.2. The third kappa shape index (κ3) is 3.05. The number of carbonyl (C=O) groups excluding carboxylic acids is 1. The minimum atomic E-state index is -0.330. The number of aryl methyl sites for hydroxylation is 1. The van der Waals surface area contributed by atoms with Gasteiger partial charge in [0.2, 0.25) is 0 Å². The van der Waals surface area contributed by atoms with Crippen molar-refractivity contribution in [2.45, 2.75) is 13.8 Å². The number of hydrogen-bond acceptors (Lipinski definition) is 4. The second kappa shape index (κ2) is 7.19. The van der Waals surface area contributed by atoms with E-state index >= 15 is 0 Å². The van der Waals surface area contributed by atoms with Crippen LogP contribution in [0.1, 0.15) is 27.2 Å². The summed E-state index contributed by atoms with van der Waals surface area (Å²) in [6.45, 7) is 3.51. The molecule has 5 nitrogen and oxygen atoms in total. The maximum atomic E-state index is 12.9. The van der Waals surface area contributed by atoms with Gasteiger partial charge in [0.15, 0.2) is 5.78 Å². The first-order valence-electron chi connectivity index (χ1n) is 8.61. The van der Waals surface area contributed by atoms with Gasteiger partial charge < -0.3 is 19.1 Å². The summed E-state index contributed by atoms with van der Waals surface area (Å²) < 4.78 is 12.8. The molecule has 0 aliphatic heterocycles. The minimum Gasteiger partial charge on any atom is -0.507 e. The summed E-state index contributed by atoms with van der Waals surface area (Å²) in [5, 5.41) is 11.7. The van der Waals surface area contributed by atoms with Gasteiger partial charge in [0.1, 0.15) is 22.8 Å². The van der Waals surface area contributed by atoms with Gasteiger partial charge in [0.05, 0.1) is 14.2 Å². The number of para-hydroxylation sites is 1. The molecule has 0 fully saturated rings. The number of ether oxygens (including phenoxy) is 2. The monoisotopic (exact) mass is 365 g/mol. The molecular weight excluding hydrogens is 342 g/mol. The van der Waals surface area contributed by atoms with Crippen molar-refractivity contribution < 1.29 is 19.4 Å². The summed E-state index contributed by atoms with van der Waals surface area (Å²) in [4.78, 5) is 12.9. The van der Waals surface area contributed by atoms with Crippen molar-refractivity contribution in [1.29, 1.82) is 0 Å². The third-order valence-electron chi connectivity index (χ3n) is 4.89. The summed E-state index contributed by atoms with van der Waals surface area (Å²) in [6.07, 6.45) is 3.20. The molecule has 1 N–H and O–H groups in total. The van der Waals surface area contributed by atoms with E-state index in [1.165, 1.54) is 20.3 Å². The molecule has 0 bridgehead atoms. The predicted molar refractivity (Wildman–Crippen MR) is 107 cm³/mol. The average Bonchev–Trinajstić information content (AvgIpc) is 2.99. The van der Waals surface area contributed by atoms with Crippen molar-refractivity contribution >= 4 is 22.8 Å². The predicted octanol–water partition coefficient (Wildman–Crippen LogP) is 4.41. The summed E-state index contributed by atoms with van der Waals surface area (Å²) >= 11 is 0. The highest BCUT2D eigenvalue weighted by atomic mass is 16.5. The number of nitrogens with zero attached hydrogens (tertiary/aromatic N) is 1. The summed E-state index contributed by atoms with van der Waals surface area (Å²) in [5.41, 5.74) is 3.31. The Labute approximate surface area is 158 Å². The lowest BCUT2D eigenvalue weighted by atomic mass is 9.98. The Kier molecular flexibility index (Phi) is 4.95. The van der Waals surface area contributed by atoms with Crippen LogP contribution >= 0.6 is 0 Å². The largest absolute Gasteiger partial charge is 0.507 e. The molecule has 2 aromatic carbocycles. The normalized spacial score (nSPS) is 11.3. The highest BCUT2D eigenvalue weighted by Gasteiger charge is 2.24. The molecule has 0 unspecified atom stereocenters. The highest BCUT2D eigenvalue weighted by molar-refractivity contribution is 6.11. The Bertz CT molecular complexity index is 1060. The first-order valence-corrected chi connectivity index (χ1v) is 8.61. The lowest BCUT2D eigenvalue weighted by Crippen LogP contribution is -2.05. The molecule has 0 saturated carbocycles. The van der Waals surface area contributed by atoms with Crippen LogP contribution in [0.25, 0.3) is 17.0 Å². The zero-order chi connectivity index (χ0) is 19.7. The lowest BCUT2D eigenvalue weighted by molar-refractivity contribution is 0.104. The Morgan fingerprint density at radius 3 is 2.37 bits per heavy atom. The number of rotatable bonds is 5. The fourth-order valence-electron chi connectivity index (χ4n) is 3.48. The van der Waals surface area contributed by atoms with Crippen molar-refractivity contribution in [3.63, 3.8) is 0 Å². The summed E-state index contributed by atoms with van der Waals surface area (Å²) in [7, 11) is 4.95. The molecule has 0 amide bonds. The molecule has 3 rings (SSSR count). The van der Waals surface area contributed by atoms with Crippen LogP contribution in [-0.4, -0.2) is 29.7 Å². The van der Waals surface area contributed by atoms with Crippen molar-refractivity contribution in [1.82, 2.24) is 4.57 Å². The number of aromatic nitrogens is 1. The van der Waals surface area contributed by atoms with E-state index in [1.54, 1.807) is 19.9 Å². The number of phenols is 1. The standard InChI is InChI=1S/C22H23NO4/c1-13-20(25)19(22(27-5)14(2)21(13)26-4)18(24)11-10-16-12-15-8-6-7-9-17(15)23(16)3/h6-12,25H,1-5H3/b11-10+. The Balaban J connectivity index is 2.05. The number of hydrogen-bond donors (Lipinski definition) is 1. The van der Waals surface area contributed by atoms with Crippen molar-refractivity contribution in [2.75, 3.05) is 14.2 Å². The molecule has 5 heteroatoms. The smallest absolute Gasteiger partial charge is 0.193 e. The van der Waals surface area contributed by atoms with Gasteiger partial charge in [0, 0.05) is 34.8 Å². The van der Waals surface area contributed by atoms with Gasteiger partial charge in [-0.2, -0.15) is 0 Å². The number of methoxy groups -OCH3 is 2. The SMILES string of the molecule is COc1c(C)c(O)c(C(=O)/C=C/c2cc3ccccc3n2C)c(OC)c1C. The molecule has 1 heterocycles. The van der Waals surface area contributed by atoms with Gasteiger partial charge >= 0.3 is 0 Å². The van der Waals surface area contributed by atoms with Crippen molar-refractivity contribution in [3.8, 4) is 17.2 Å². The van der Waals surface area contributed by atoms with Crippen LogP contribution in [0.15, 0.2) is 36.4 Å². The van der Waals surface area contributed by atoms with E-state index < -0.39 is 0 Å². The number of carbonyl (C=O) groups is 1. The van der Waals surface area contributed by atoms with Crippen LogP contribution in [0.2, 0.25) is 0 Å². The van der Waals surface area contributed by atoms with E-state index in [2.05, 4.69) is 0 Å². The van der Waals surface area contributed by atoms with Crippen molar-refractivity contribution in [2.24, 2.45) is 7.05 Å². The number of ketones is 1. The third-order valence-corrected chi connectivity index (χ3v) is 4.89. The topological polar surface area (TPSA) is 60.7 Å². The number of phenolic OH excluding ortho intramolecular Hbond substituents is 1.